The van der Waals surface area contributed by atoms with Crippen molar-refractivity contribution in [3.05, 3.63) is 0 Å². The van der Waals surface area contributed by atoms with Crippen LogP contribution in [0.15, 0.2) is 0 Å². The van der Waals surface area contributed by atoms with Crippen LogP contribution in [-0.4, -0.2) is 68.2 Å². The van der Waals surface area contributed by atoms with Crippen LogP contribution in [-0.2, 0) is 0 Å². The van der Waals surface area contributed by atoms with Crippen LogP contribution in [0.5, 0.6) is 0 Å². The molecule has 0 saturated carbocycles. The summed E-state index contributed by atoms with van der Waals surface area (Å²) in [4.78, 5) is 1.27. The van der Waals surface area contributed by atoms with Crippen molar-refractivity contribution in [3.8, 4) is 0 Å². The average molecular weight is 207 g/mol. The molecule has 1 atom stereocenters. The number of piperidine rings is 1. The van der Waals surface area contributed by atoms with E-state index >= 15 is 0 Å². The lowest BCUT2D eigenvalue weighted by molar-refractivity contribution is -0.351. The van der Waals surface area contributed by atoms with Crippen molar-refractivity contribution < 1.29 is 25.5 Å². The van der Waals surface area contributed by atoms with E-state index in [0.717, 1.165) is 0 Å². The summed E-state index contributed by atoms with van der Waals surface area (Å²) in [6, 6.07) is 0. The summed E-state index contributed by atoms with van der Waals surface area (Å²) in [6.07, 6.45) is 0.501. The first-order chi connectivity index (χ1) is 6.48. The Bertz CT molecular complexity index is 196. The summed E-state index contributed by atoms with van der Waals surface area (Å²) < 4.78 is 0. The Hall–Kier alpha value is -0.240. The number of hydrogen-bond acceptors (Lipinski definition) is 6. The van der Waals surface area contributed by atoms with Gasteiger partial charge >= 0.3 is 0 Å². The third kappa shape index (κ3) is 1.77. The first kappa shape index (κ1) is 11.8. The van der Waals surface area contributed by atoms with Crippen LogP contribution in [0.1, 0.15) is 12.8 Å². The van der Waals surface area contributed by atoms with Gasteiger partial charge in [0.05, 0.1) is 13.2 Å². The third-order valence-corrected chi connectivity index (χ3v) is 2.71. The fraction of sp³-hybridized carbons (Fsp3) is 1.00. The number of β-amino-alcohol motifs (C(OH)–C–C–N with tert-alkyl or cyclic N) is 1. The minimum atomic E-state index is -2.32. The summed E-state index contributed by atoms with van der Waals surface area (Å²) >= 11 is 0. The zero-order valence-corrected chi connectivity index (χ0v) is 7.93. The lowest BCUT2D eigenvalue weighted by atomic mass is 9.91. The second kappa shape index (κ2) is 4.09. The van der Waals surface area contributed by atoms with Crippen molar-refractivity contribution in [2.24, 2.45) is 0 Å². The van der Waals surface area contributed by atoms with E-state index < -0.39 is 18.1 Å². The van der Waals surface area contributed by atoms with Crippen molar-refractivity contribution in [3.63, 3.8) is 0 Å². The second-order valence-corrected chi connectivity index (χ2v) is 3.61. The maximum Gasteiger partial charge on any atom is 0.209 e. The number of nitrogens with zero attached hydrogens (tertiary/aromatic N) is 1. The molecule has 1 fully saturated rings. The lowest BCUT2D eigenvalue weighted by Gasteiger charge is -2.49. The van der Waals surface area contributed by atoms with Gasteiger partial charge in [-0.2, -0.15) is 0 Å². The smallest absolute Gasteiger partial charge is 0.209 e. The predicted octanol–water partition coefficient (Wildman–Crippen LogP) is -2.56. The minimum Gasteiger partial charge on any atom is -0.395 e. The Kier molecular flexibility index (Phi) is 3.46. The predicted molar refractivity (Wildman–Crippen MR) is 47.1 cm³/mol. The van der Waals surface area contributed by atoms with E-state index in [9.17, 15) is 15.3 Å². The van der Waals surface area contributed by atoms with Gasteiger partial charge in [0, 0.05) is 19.5 Å². The van der Waals surface area contributed by atoms with E-state index in [2.05, 4.69) is 0 Å². The van der Waals surface area contributed by atoms with Crippen LogP contribution in [0.2, 0.25) is 0 Å². The van der Waals surface area contributed by atoms with Gasteiger partial charge in [-0.05, 0) is 6.42 Å². The molecule has 1 aliphatic heterocycles. The van der Waals surface area contributed by atoms with Gasteiger partial charge in [-0.25, -0.2) is 0 Å². The monoisotopic (exact) mass is 207 g/mol. The first-order valence-corrected chi connectivity index (χ1v) is 4.62. The molecular formula is C8H17NO5. The summed E-state index contributed by atoms with van der Waals surface area (Å²) in [6.45, 7) is -0.473. The number of rotatable bonds is 3. The van der Waals surface area contributed by atoms with Gasteiger partial charge in [0.1, 0.15) is 0 Å². The van der Waals surface area contributed by atoms with E-state index in [1.807, 2.05) is 0 Å². The molecule has 0 amide bonds. The Labute approximate surface area is 82.0 Å². The highest BCUT2D eigenvalue weighted by Crippen LogP contribution is 2.32. The third-order valence-electron chi connectivity index (χ3n) is 2.71. The van der Waals surface area contributed by atoms with Crippen LogP contribution >= 0.6 is 0 Å². The molecule has 1 heterocycles. The topological polar surface area (TPSA) is 104 Å². The van der Waals surface area contributed by atoms with E-state index in [4.69, 9.17) is 10.2 Å². The summed E-state index contributed by atoms with van der Waals surface area (Å²) in [5, 5.41) is 46.6. The maximum absolute atomic E-state index is 9.86. The molecule has 1 rings (SSSR count). The fourth-order valence-electron chi connectivity index (χ4n) is 1.80. The van der Waals surface area contributed by atoms with Gasteiger partial charge in [-0.1, -0.05) is 0 Å². The quantitative estimate of drug-likeness (QED) is 0.326. The van der Waals surface area contributed by atoms with Gasteiger partial charge in [-0.3, -0.25) is 4.90 Å². The molecule has 0 aromatic heterocycles. The maximum atomic E-state index is 9.86. The van der Waals surface area contributed by atoms with Crippen molar-refractivity contribution in [1.29, 1.82) is 0 Å². The normalized spacial score (nSPS) is 33.2. The number of hydrogen-bond donors (Lipinski definition) is 5. The molecule has 0 aliphatic carbocycles. The van der Waals surface area contributed by atoms with Crippen molar-refractivity contribution in [1.82, 2.24) is 4.90 Å². The van der Waals surface area contributed by atoms with E-state index in [0.29, 0.717) is 13.0 Å². The molecule has 14 heavy (non-hydrogen) atoms. The molecule has 0 unspecified atom stereocenters. The Morgan fingerprint density at radius 3 is 2.29 bits per heavy atom. The van der Waals surface area contributed by atoms with Gasteiger partial charge in [0.2, 0.25) is 5.79 Å². The van der Waals surface area contributed by atoms with Crippen LogP contribution in [0.25, 0.3) is 0 Å². The zero-order valence-electron chi connectivity index (χ0n) is 7.93. The van der Waals surface area contributed by atoms with Crippen LogP contribution in [0, 0.1) is 0 Å². The molecule has 84 valence electrons. The highest BCUT2D eigenvalue weighted by atomic mass is 16.5. The molecule has 0 bridgehead atoms. The van der Waals surface area contributed by atoms with E-state index in [1.54, 1.807) is 0 Å². The summed E-state index contributed by atoms with van der Waals surface area (Å²) in [5.41, 5.74) is -2.08. The summed E-state index contributed by atoms with van der Waals surface area (Å²) in [7, 11) is 0. The molecular weight excluding hydrogens is 190 g/mol. The number of aliphatic hydroxyl groups is 5. The standard InChI is InChI=1S/C8H17NO5/c10-5-4-9-3-1-2-8(13,14)7(9,12)6-11/h10-14H,1-6H2/t7-/m1/s1. The Balaban J connectivity index is 2.84. The molecule has 0 radical (unpaired) electrons. The number of likely N-dealkylation sites (tertiary alicyclic amines) is 1. The molecule has 0 aromatic rings. The highest BCUT2D eigenvalue weighted by Gasteiger charge is 2.54. The molecule has 6 heteroatoms. The van der Waals surface area contributed by atoms with Gasteiger partial charge < -0.3 is 25.5 Å². The Morgan fingerprint density at radius 2 is 1.79 bits per heavy atom. The molecule has 1 aliphatic rings. The van der Waals surface area contributed by atoms with Crippen LogP contribution in [0.3, 0.4) is 0 Å². The van der Waals surface area contributed by atoms with Crippen molar-refractivity contribution in [2.75, 3.05) is 26.3 Å². The summed E-state index contributed by atoms with van der Waals surface area (Å²) in [5.74, 6) is -2.32. The first-order valence-electron chi connectivity index (χ1n) is 4.62. The van der Waals surface area contributed by atoms with Crippen LogP contribution < -0.4 is 0 Å². The fourth-order valence-corrected chi connectivity index (χ4v) is 1.80. The molecule has 5 N–H and O–H groups in total. The lowest BCUT2D eigenvalue weighted by Crippen LogP contribution is -2.70. The molecule has 0 aromatic carbocycles. The van der Waals surface area contributed by atoms with Gasteiger partial charge in [-0.15, -0.1) is 0 Å². The van der Waals surface area contributed by atoms with Crippen molar-refractivity contribution >= 4 is 0 Å². The number of aliphatic hydroxyl groups excluding tert-OH is 2. The minimum absolute atomic E-state index is 0.00594. The van der Waals surface area contributed by atoms with E-state index in [-0.39, 0.29) is 19.6 Å². The molecule has 6 nitrogen and oxygen atoms in total. The highest BCUT2D eigenvalue weighted by molar-refractivity contribution is 4.95. The van der Waals surface area contributed by atoms with Crippen LogP contribution in [0.4, 0.5) is 0 Å². The van der Waals surface area contributed by atoms with Crippen molar-refractivity contribution in [2.45, 2.75) is 24.4 Å². The average Bonchev–Trinajstić information content (AvgIpc) is 2.13. The molecule has 1 saturated heterocycles. The zero-order chi connectivity index (χ0) is 10.8. The Morgan fingerprint density at radius 1 is 1.14 bits per heavy atom. The van der Waals surface area contributed by atoms with Gasteiger partial charge in [0.15, 0.2) is 5.72 Å². The SMILES string of the molecule is OCCN1CCCC(O)(O)[C@]1(O)CO. The van der Waals surface area contributed by atoms with E-state index in [1.165, 1.54) is 4.90 Å². The second-order valence-electron chi connectivity index (χ2n) is 3.61. The largest absolute Gasteiger partial charge is 0.395 e. The van der Waals surface area contributed by atoms with Gasteiger partial charge in [0.25, 0.3) is 0 Å². The molecule has 0 spiro atoms.